The van der Waals surface area contributed by atoms with E-state index in [-0.39, 0.29) is 25.7 Å². The van der Waals surface area contributed by atoms with Gasteiger partial charge in [0, 0.05) is 0 Å². The summed E-state index contributed by atoms with van der Waals surface area (Å²) in [6, 6.07) is 14.6. The molecule has 0 saturated heterocycles. The van der Waals surface area contributed by atoms with Crippen LogP contribution in [0, 0.1) is 6.92 Å². The standard InChI is InChI=1S/C24H28N2O5/c1-4-30-22(28)19-12-8-9-17(2)21(19)25-23(29)24(13-14-24)26(3)15-20(27)31-16-18-10-6-5-7-11-18/h5-12H,4,13-16H2,1-3H3,(H,25,29). The quantitative estimate of drug-likeness (QED) is 0.622. The van der Waals surface area contributed by atoms with Gasteiger partial charge in [-0.25, -0.2) is 4.79 Å². The molecule has 0 aromatic heterocycles. The summed E-state index contributed by atoms with van der Waals surface area (Å²) in [7, 11) is 1.74. The van der Waals surface area contributed by atoms with Crippen molar-refractivity contribution in [3.05, 3.63) is 65.2 Å². The summed E-state index contributed by atoms with van der Waals surface area (Å²) < 4.78 is 10.5. The van der Waals surface area contributed by atoms with Crippen LogP contribution in [-0.4, -0.2) is 48.5 Å². The summed E-state index contributed by atoms with van der Waals surface area (Å²) in [6.07, 6.45) is 1.25. The van der Waals surface area contributed by atoms with Crippen molar-refractivity contribution in [3.8, 4) is 0 Å². The normalized spacial score (nSPS) is 14.1. The number of hydrogen-bond donors (Lipinski definition) is 1. The third-order valence-corrected chi connectivity index (χ3v) is 5.49. The summed E-state index contributed by atoms with van der Waals surface area (Å²) in [5.74, 6) is -1.12. The van der Waals surface area contributed by atoms with Gasteiger partial charge in [-0.2, -0.15) is 0 Å². The number of carbonyl (C=O) groups is 3. The van der Waals surface area contributed by atoms with Gasteiger partial charge in [0.1, 0.15) is 12.1 Å². The predicted octanol–water partition coefficient (Wildman–Crippen LogP) is 3.32. The molecule has 2 aromatic rings. The van der Waals surface area contributed by atoms with Crippen LogP contribution in [0.3, 0.4) is 0 Å². The number of ether oxygens (including phenoxy) is 2. The summed E-state index contributed by atoms with van der Waals surface area (Å²) in [5.41, 5.74) is 1.64. The van der Waals surface area contributed by atoms with E-state index >= 15 is 0 Å². The number of hydrogen-bond acceptors (Lipinski definition) is 6. The molecule has 0 radical (unpaired) electrons. The molecule has 1 fully saturated rings. The van der Waals surface area contributed by atoms with E-state index in [2.05, 4.69) is 5.32 Å². The van der Waals surface area contributed by atoms with E-state index in [0.29, 0.717) is 24.1 Å². The molecule has 1 aliphatic carbocycles. The van der Waals surface area contributed by atoms with Crippen molar-refractivity contribution >= 4 is 23.5 Å². The van der Waals surface area contributed by atoms with Gasteiger partial charge in [-0.15, -0.1) is 0 Å². The minimum Gasteiger partial charge on any atom is -0.462 e. The van der Waals surface area contributed by atoms with E-state index in [0.717, 1.165) is 11.1 Å². The lowest BCUT2D eigenvalue weighted by Gasteiger charge is -2.27. The van der Waals surface area contributed by atoms with Crippen molar-refractivity contribution < 1.29 is 23.9 Å². The van der Waals surface area contributed by atoms with Crippen molar-refractivity contribution in [2.24, 2.45) is 0 Å². The Bertz CT molecular complexity index is 954. The number of rotatable bonds is 9. The molecule has 0 unspecified atom stereocenters. The first-order valence-corrected chi connectivity index (χ1v) is 10.4. The number of nitrogens with zero attached hydrogens (tertiary/aromatic N) is 1. The smallest absolute Gasteiger partial charge is 0.340 e. The number of benzene rings is 2. The fourth-order valence-electron chi connectivity index (χ4n) is 3.47. The highest BCUT2D eigenvalue weighted by atomic mass is 16.5. The van der Waals surface area contributed by atoms with Gasteiger partial charge in [0.2, 0.25) is 5.91 Å². The van der Waals surface area contributed by atoms with E-state index in [1.165, 1.54) is 0 Å². The Balaban J connectivity index is 1.64. The summed E-state index contributed by atoms with van der Waals surface area (Å²) >= 11 is 0. The van der Waals surface area contributed by atoms with Gasteiger partial charge in [0.15, 0.2) is 0 Å². The highest BCUT2D eigenvalue weighted by molar-refractivity contribution is 6.06. The van der Waals surface area contributed by atoms with Crippen molar-refractivity contribution in [2.45, 2.75) is 38.8 Å². The van der Waals surface area contributed by atoms with Crippen LogP contribution in [0.25, 0.3) is 0 Å². The molecule has 31 heavy (non-hydrogen) atoms. The van der Waals surface area contributed by atoms with Crippen LogP contribution in [-0.2, 0) is 25.7 Å². The van der Waals surface area contributed by atoms with Crippen molar-refractivity contribution in [1.82, 2.24) is 4.90 Å². The predicted molar refractivity (Wildman–Crippen MR) is 117 cm³/mol. The fraction of sp³-hybridized carbons (Fsp3) is 0.375. The molecule has 0 atom stereocenters. The van der Waals surface area contributed by atoms with Crippen LogP contribution in [0.15, 0.2) is 48.5 Å². The van der Waals surface area contributed by atoms with Crippen LogP contribution in [0.5, 0.6) is 0 Å². The molecule has 1 amide bonds. The van der Waals surface area contributed by atoms with Crippen LogP contribution in [0.1, 0.15) is 41.3 Å². The van der Waals surface area contributed by atoms with Crippen molar-refractivity contribution in [2.75, 3.05) is 25.5 Å². The van der Waals surface area contributed by atoms with Crippen molar-refractivity contribution in [3.63, 3.8) is 0 Å². The van der Waals surface area contributed by atoms with Crippen LogP contribution >= 0.6 is 0 Å². The molecular formula is C24H28N2O5. The van der Waals surface area contributed by atoms with E-state index in [4.69, 9.17) is 9.47 Å². The van der Waals surface area contributed by atoms with Gasteiger partial charge in [0.25, 0.3) is 0 Å². The molecule has 7 nitrogen and oxygen atoms in total. The topological polar surface area (TPSA) is 84.9 Å². The summed E-state index contributed by atoms with van der Waals surface area (Å²) in [4.78, 5) is 39.4. The first-order chi connectivity index (χ1) is 14.9. The maximum Gasteiger partial charge on any atom is 0.340 e. The number of nitrogens with one attached hydrogen (secondary N) is 1. The highest BCUT2D eigenvalue weighted by Gasteiger charge is 2.54. The van der Waals surface area contributed by atoms with Gasteiger partial charge in [0.05, 0.1) is 24.4 Å². The molecule has 0 spiro atoms. The Labute approximate surface area is 182 Å². The van der Waals surface area contributed by atoms with Gasteiger partial charge in [-0.3, -0.25) is 14.5 Å². The molecule has 0 heterocycles. The van der Waals surface area contributed by atoms with E-state index in [1.807, 2.05) is 43.3 Å². The second kappa shape index (κ2) is 9.75. The monoisotopic (exact) mass is 424 g/mol. The molecule has 0 aliphatic heterocycles. The molecule has 1 saturated carbocycles. The second-order valence-corrected chi connectivity index (χ2v) is 7.71. The lowest BCUT2D eigenvalue weighted by molar-refractivity contribution is -0.147. The molecular weight excluding hydrogens is 396 g/mol. The zero-order valence-corrected chi connectivity index (χ0v) is 18.1. The average molecular weight is 424 g/mol. The molecule has 7 heteroatoms. The molecule has 1 N–H and O–H groups in total. The average Bonchev–Trinajstić information content (AvgIpc) is 3.57. The third-order valence-electron chi connectivity index (χ3n) is 5.49. The lowest BCUT2D eigenvalue weighted by atomic mass is 10.1. The van der Waals surface area contributed by atoms with Gasteiger partial charge < -0.3 is 14.8 Å². The maximum atomic E-state index is 13.1. The number of carbonyl (C=O) groups excluding carboxylic acids is 3. The number of amides is 1. The van der Waals surface area contributed by atoms with Crippen LogP contribution in [0.2, 0.25) is 0 Å². The number of aryl methyl sites for hydroxylation is 1. The zero-order valence-electron chi connectivity index (χ0n) is 18.1. The number of anilines is 1. The Morgan fingerprint density at radius 1 is 1.03 bits per heavy atom. The molecule has 0 bridgehead atoms. The SMILES string of the molecule is CCOC(=O)c1cccc(C)c1NC(=O)C1(N(C)CC(=O)OCc2ccccc2)CC1. The van der Waals surface area contributed by atoms with E-state index in [9.17, 15) is 14.4 Å². The molecule has 1 aliphatic rings. The van der Waals surface area contributed by atoms with E-state index in [1.54, 1.807) is 31.0 Å². The molecule has 164 valence electrons. The maximum absolute atomic E-state index is 13.1. The highest BCUT2D eigenvalue weighted by Crippen LogP contribution is 2.42. The Hall–Kier alpha value is -3.19. The minimum absolute atomic E-state index is 0.00123. The fourth-order valence-corrected chi connectivity index (χ4v) is 3.47. The zero-order chi connectivity index (χ0) is 22.4. The van der Waals surface area contributed by atoms with Crippen LogP contribution in [0.4, 0.5) is 5.69 Å². The minimum atomic E-state index is -0.792. The number of likely N-dealkylation sites (N-methyl/N-ethyl adjacent to an activating group) is 1. The first-order valence-electron chi connectivity index (χ1n) is 10.4. The van der Waals surface area contributed by atoms with Gasteiger partial charge in [-0.1, -0.05) is 42.5 Å². The summed E-state index contributed by atoms with van der Waals surface area (Å²) in [5, 5.41) is 2.90. The first kappa shape index (κ1) is 22.5. The number of esters is 2. The lowest BCUT2D eigenvalue weighted by Crippen LogP contribution is -2.46. The van der Waals surface area contributed by atoms with Gasteiger partial charge >= 0.3 is 11.9 Å². The van der Waals surface area contributed by atoms with Crippen LogP contribution < -0.4 is 5.32 Å². The second-order valence-electron chi connectivity index (χ2n) is 7.71. The third kappa shape index (κ3) is 5.30. The number of para-hydroxylation sites is 1. The molecule has 2 aromatic carbocycles. The van der Waals surface area contributed by atoms with E-state index < -0.39 is 17.5 Å². The Morgan fingerprint density at radius 2 is 1.74 bits per heavy atom. The Kier molecular flexibility index (Phi) is 7.07. The van der Waals surface area contributed by atoms with Gasteiger partial charge in [-0.05, 0) is 50.9 Å². The summed E-state index contributed by atoms with van der Waals surface area (Å²) in [6.45, 7) is 4.00. The largest absolute Gasteiger partial charge is 0.462 e. The van der Waals surface area contributed by atoms with Crippen molar-refractivity contribution in [1.29, 1.82) is 0 Å². The molecule has 3 rings (SSSR count). The Morgan fingerprint density at radius 3 is 2.39 bits per heavy atom.